The number of halogens is 2. The fraction of sp³-hybridized carbons (Fsp3) is 0.176. The summed E-state index contributed by atoms with van der Waals surface area (Å²) in [5.74, 6) is -1.68. The molecule has 2 N–H and O–H groups in total. The third kappa shape index (κ3) is 4.51. The Hall–Kier alpha value is -2.94. The van der Waals surface area contributed by atoms with Gasteiger partial charge in [-0.2, -0.15) is 5.26 Å². The summed E-state index contributed by atoms with van der Waals surface area (Å²) in [6.07, 6.45) is 0. The Kier molecular flexibility index (Phi) is 5.26. The van der Waals surface area contributed by atoms with Crippen molar-refractivity contribution in [1.29, 1.82) is 5.26 Å². The summed E-state index contributed by atoms with van der Waals surface area (Å²) in [5.41, 5.74) is 1.44. The van der Waals surface area contributed by atoms with Gasteiger partial charge in [-0.05, 0) is 37.3 Å². The molecule has 0 aliphatic rings. The van der Waals surface area contributed by atoms with Gasteiger partial charge >= 0.3 is 0 Å². The van der Waals surface area contributed by atoms with E-state index in [0.29, 0.717) is 11.3 Å². The van der Waals surface area contributed by atoms with Crippen LogP contribution in [0.1, 0.15) is 24.1 Å². The van der Waals surface area contributed by atoms with Gasteiger partial charge in [0.05, 0.1) is 24.2 Å². The van der Waals surface area contributed by atoms with E-state index < -0.39 is 17.7 Å². The molecule has 23 heavy (non-hydrogen) atoms. The summed E-state index contributed by atoms with van der Waals surface area (Å²) >= 11 is 0. The van der Waals surface area contributed by atoms with Crippen LogP contribution in [-0.2, 0) is 4.79 Å². The molecule has 1 atom stereocenters. The summed E-state index contributed by atoms with van der Waals surface area (Å²) in [4.78, 5) is 11.9. The average Bonchev–Trinajstić information content (AvgIpc) is 2.53. The van der Waals surface area contributed by atoms with Gasteiger partial charge in [-0.25, -0.2) is 8.78 Å². The molecule has 2 aromatic carbocycles. The second-order valence-electron chi connectivity index (χ2n) is 5.00. The summed E-state index contributed by atoms with van der Waals surface area (Å²) in [7, 11) is 0. The molecule has 1 amide bonds. The van der Waals surface area contributed by atoms with Crippen molar-refractivity contribution in [1.82, 2.24) is 5.32 Å². The third-order valence-corrected chi connectivity index (χ3v) is 3.27. The van der Waals surface area contributed by atoms with Gasteiger partial charge in [-0.15, -0.1) is 0 Å². The van der Waals surface area contributed by atoms with Gasteiger partial charge in [0.1, 0.15) is 11.6 Å². The van der Waals surface area contributed by atoms with Gasteiger partial charge in [0.2, 0.25) is 5.91 Å². The summed E-state index contributed by atoms with van der Waals surface area (Å²) in [6.45, 7) is 1.62. The Balaban J connectivity index is 1.89. The van der Waals surface area contributed by atoms with E-state index in [4.69, 9.17) is 5.26 Å². The minimum atomic E-state index is -0.696. The maximum atomic E-state index is 13.6. The van der Waals surface area contributed by atoms with Crippen molar-refractivity contribution in [3.63, 3.8) is 0 Å². The molecule has 0 saturated heterocycles. The molecule has 0 aromatic heterocycles. The van der Waals surface area contributed by atoms with Crippen LogP contribution in [0, 0.1) is 23.0 Å². The first-order chi connectivity index (χ1) is 11.0. The first-order valence-corrected chi connectivity index (χ1v) is 6.98. The second-order valence-corrected chi connectivity index (χ2v) is 5.00. The molecule has 0 spiro atoms. The second kappa shape index (κ2) is 7.36. The first kappa shape index (κ1) is 16.4. The zero-order valence-electron chi connectivity index (χ0n) is 12.4. The van der Waals surface area contributed by atoms with Crippen molar-refractivity contribution in [2.24, 2.45) is 0 Å². The maximum Gasteiger partial charge on any atom is 0.239 e. The number of nitrogens with one attached hydrogen (secondary N) is 2. The highest BCUT2D eigenvalue weighted by molar-refractivity contribution is 5.81. The number of benzene rings is 2. The Morgan fingerprint density at radius 2 is 1.91 bits per heavy atom. The van der Waals surface area contributed by atoms with Gasteiger partial charge in [-0.1, -0.05) is 6.07 Å². The molecule has 118 valence electrons. The van der Waals surface area contributed by atoms with Crippen molar-refractivity contribution >= 4 is 11.6 Å². The van der Waals surface area contributed by atoms with Gasteiger partial charge in [0.25, 0.3) is 0 Å². The fourth-order valence-corrected chi connectivity index (χ4v) is 2.07. The van der Waals surface area contributed by atoms with E-state index in [1.807, 2.05) is 6.07 Å². The number of carbonyl (C=O) groups is 1. The molecule has 0 unspecified atom stereocenters. The SMILES string of the molecule is C[C@@H](NC(=O)CNc1ccc(C#N)cc1)c1ccc(F)cc1F. The first-order valence-electron chi connectivity index (χ1n) is 6.98. The molecule has 0 heterocycles. The number of nitrogens with zero attached hydrogens (tertiary/aromatic N) is 1. The summed E-state index contributed by atoms with van der Waals surface area (Å²) in [5, 5.41) is 14.2. The molecular weight excluding hydrogens is 300 g/mol. The fourth-order valence-electron chi connectivity index (χ4n) is 2.07. The van der Waals surface area contributed by atoms with Gasteiger partial charge in [0, 0.05) is 17.3 Å². The van der Waals surface area contributed by atoms with E-state index in [2.05, 4.69) is 10.6 Å². The predicted molar refractivity (Wildman–Crippen MR) is 82.6 cm³/mol. The topological polar surface area (TPSA) is 64.9 Å². The number of nitriles is 1. The number of anilines is 1. The lowest BCUT2D eigenvalue weighted by atomic mass is 10.1. The van der Waals surface area contributed by atoms with Crippen LogP contribution in [0.3, 0.4) is 0 Å². The number of hydrogen-bond donors (Lipinski definition) is 2. The highest BCUT2D eigenvalue weighted by atomic mass is 19.1. The smallest absolute Gasteiger partial charge is 0.239 e. The van der Waals surface area contributed by atoms with Crippen LogP contribution in [0.2, 0.25) is 0 Å². The predicted octanol–water partition coefficient (Wildman–Crippen LogP) is 3.13. The van der Waals surface area contributed by atoms with Crippen LogP contribution in [0.25, 0.3) is 0 Å². The molecule has 0 fully saturated rings. The lowest BCUT2D eigenvalue weighted by Crippen LogP contribution is -2.32. The molecule has 0 radical (unpaired) electrons. The molecule has 2 rings (SSSR count). The van der Waals surface area contributed by atoms with E-state index in [0.717, 1.165) is 12.1 Å². The number of hydrogen-bond acceptors (Lipinski definition) is 3. The summed E-state index contributed by atoms with van der Waals surface area (Å²) < 4.78 is 26.5. The van der Waals surface area contributed by atoms with Crippen molar-refractivity contribution in [2.75, 3.05) is 11.9 Å². The van der Waals surface area contributed by atoms with Crippen molar-refractivity contribution in [2.45, 2.75) is 13.0 Å². The molecule has 0 saturated carbocycles. The molecule has 4 nitrogen and oxygen atoms in total. The lowest BCUT2D eigenvalue weighted by molar-refractivity contribution is -0.120. The zero-order valence-corrected chi connectivity index (χ0v) is 12.4. The third-order valence-electron chi connectivity index (χ3n) is 3.27. The van der Waals surface area contributed by atoms with E-state index in [1.54, 1.807) is 31.2 Å². The zero-order chi connectivity index (χ0) is 16.8. The van der Waals surface area contributed by atoms with Gasteiger partial charge < -0.3 is 10.6 Å². The standard InChI is InChI=1S/C17H15F2N3O/c1-11(15-7-4-13(18)8-16(15)19)22-17(23)10-21-14-5-2-12(9-20)3-6-14/h2-8,11,21H,10H2,1H3,(H,22,23)/t11-/m1/s1. The van der Waals surface area contributed by atoms with Crippen LogP contribution in [0.5, 0.6) is 0 Å². The van der Waals surface area contributed by atoms with Gasteiger partial charge in [-0.3, -0.25) is 4.79 Å². The minimum Gasteiger partial charge on any atom is -0.376 e. The average molecular weight is 315 g/mol. The Morgan fingerprint density at radius 1 is 1.22 bits per heavy atom. The Labute approximate surface area is 132 Å². The van der Waals surface area contributed by atoms with E-state index >= 15 is 0 Å². The number of rotatable bonds is 5. The van der Waals surface area contributed by atoms with Gasteiger partial charge in [0.15, 0.2) is 0 Å². The highest BCUT2D eigenvalue weighted by Gasteiger charge is 2.14. The van der Waals surface area contributed by atoms with Crippen molar-refractivity contribution in [3.8, 4) is 6.07 Å². The molecule has 0 bridgehead atoms. The van der Waals surface area contributed by atoms with E-state index in [1.165, 1.54) is 6.07 Å². The molecular formula is C17H15F2N3O. The molecule has 0 aliphatic carbocycles. The van der Waals surface area contributed by atoms with Crippen molar-refractivity contribution in [3.05, 3.63) is 65.2 Å². The lowest BCUT2D eigenvalue weighted by Gasteiger charge is -2.15. The Bertz CT molecular complexity index is 738. The van der Waals surface area contributed by atoms with Crippen LogP contribution < -0.4 is 10.6 Å². The van der Waals surface area contributed by atoms with E-state index in [9.17, 15) is 13.6 Å². The largest absolute Gasteiger partial charge is 0.376 e. The molecule has 6 heteroatoms. The minimum absolute atomic E-state index is 0.000939. The highest BCUT2D eigenvalue weighted by Crippen LogP contribution is 2.17. The summed E-state index contributed by atoms with van der Waals surface area (Å²) in [6, 6.07) is 11.3. The van der Waals surface area contributed by atoms with E-state index in [-0.39, 0.29) is 18.0 Å². The van der Waals surface area contributed by atoms with Crippen LogP contribution in [-0.4, -0.2) is 12.5 Å². The van der Waals surface area contributed by atoms with Crippen LogP contribution in [0.15, 0.2) is 42.5 Å². The monoisotopic (exact) mass is 315 g/mol. The molecule has 2 aromatic rings. The van der Waals surface area contributed by atoms with Crippen LogP contribution >= 0.6 is 0 Å². The quantitative estimate of drug-likeness (QED) is 0.891. The van der Waals surface area contributed by atoms with Crippen LogP contribution in [0.4, 0.5) is 14.5 Å². The number of carbonyl (C=O) groups excluding carboxylic acids is 1. The molecule has 0 aliphatic heterocycles. The number of amides is 1. The Morgan fingerprint density at radius 3 is 2.52 bits per heavy atom. The normalized spacial score (nSPS) is 11.4. The maximum absolute atomic E-state index is 13.6. The van der Waals surface area contributed by atoms with Crippen molar-refractivity contribution < 1.29 is 13.6 Å².